The molecule has 2 rings (SSSR count). The van der Waals surface area contributed by atoms with Crippen LogP contribution in [0, 0.1) is 5.82 Å². The van der Waals surface area contributed by atoms with Gasteiger partial charge in [0.15, 0.2) is 0 Å². The molecule has 0 aliphatic heterocycles. The highest BCUT2D eigenvalue weighted by molar-refractivity contribution is 9.10. The van der Waals surface area contributed by atoms with Crippen LogP contribution in [-0.4, -0.2) is 19.2 Å². The number of nitrogens with one attached hydrogen (secondary N) is 1. The first-order valence-electron chi connectivity index (χ1n) is 6.03. The molecule has 0 saturated heterocycles. The fourth-order valence-corrected chi connectivity index (χ4v) is 2.05. The van der Waals surface area contributed by atoms with Gasteiger partial charge >= 0.3 is 0 Å². The lowest BCUT2D eigenvalue weighted by molar-refractivity contribution is 0.0951. The average molecular weight is 351 g/mol. The number of hydrogen-bond donors (Lipinski definition) is 1. The molecule has 21 heavy (non-hydrogen) atoms. The molecule has 0 fully saturated rings. The van der Waals surface area contributed by atoms with Gasteiger partial charge in [0.05, 0.1) is 18.9 Å². The molecule has 0 bridgehead atoms. The van der Waals surface area contributed by atoms with Crippen molar-refractivity contribution in [1.29, 1.82) is 0 Å². The summed E-state index contributed by atoms with van der Waals surface area (Å²) in [4.78, 5) is 11.8. The van der Waals surface area contributed by atoms with E-state index in [0.29, 0.717) is 11.3 Å². The molecule has 0 saturated carbocycles. The molecule has 0 aliphatic carbocycles. The molecule has 0 aromatic heterocycles. The zero-order chi connectivity index (χ0) is 15.2. The Balaban J connectivity index is 2.11. The molecule has 2 aromatic carbocycles. The van der Waals surface area contributed by atoms with E-state index in [0.717, 1.165) is 4.47 Å². The van der Waals surface area contributed by atoms with Gasteiger partial charge in [-0.25, -0.2) is 9.82 Å². The minimum absolute atomic E-state index is 0.0594. The smallest absolute Gasteiger partial charge is 0.274 e. The van der Waals surface area contributed by atoms with E-state index < -0.39 is 11.7 Å². The fourth-order valence-electron chi connectivity index (χ4n) is 1.67. The van der Waals surface area contributed by atoms with Gasteiger partial charge in [0.25, 0.3) is 5.91 Å². The summed E-state index contributed by atoms with van der Waals surface area (Å²) in [6, 6.07) is 11.1. The molecule has 2 aromatic rings. The van der Waals surface area contributed by atoms with Crippen LogP contribution < -0.4 is 10.2 Å². The number of halogens is 2. The number of benzene rings is 2. The topological polar surface area (TPSA) is 50.7 Å². The minimum Gasteiger partial charge on any atom is -0.496 e. The van der Waals surface area contributed by atoms with Crippen molar-refractivity contribution >= 4 is 28.1 Å². The summed E-state index contributed by atoms with van der Waals surface area (Å²) in [7, 11) is 1.54. The van der Waals surface area contributed by atoms with Gasteiger partial charge in [0.1, 0.15) is 11.6 Å². The summed E-state index contributed by atoms with van der Waals surface area (Å²) in [6.07, 6.45) is 1.43. The number of methoxy groups -OCH3 is 1. The third-order valence-corrected chi connectivity index (χ3v) is 3.17. The van der Waals surface area contributed by atoms with Crippen LogP contribution in [0.15, 0.2) is 52.0 Å². The summed E-state index contributed by atoms with van der Waals surface area (Å²) in [5.74, 6) is -0.592. The number of nitrogens with zero attached hydrogens (tertiary/aromatic N) is 1. The number of carbonyl (C=O) groups excluding carboxylic acids is 1. The predicted octanol–water partition coefficient (Wildman–Crippen LogP) is 3.36. The van der Waals surface area contributed by atoms with E-state index in [4.69, 9.17) is 4.74 Å². The van der Waals surface area contributed by atoms with Crippen LogP contribution >= 0.6 is 15.9 Å². The minimum atomic E-state index is -0.613. The van der Waals surface area contributed by atoms with Crippen molar-refractivity contribution in [2.45, 2.75) is 0 Å². The lowest BCUT2D eigenvalue weighted by Gasteiger charge is -2.05. The Morgan fingerprint density at radius 2 is 2.10 bits per heavy atom. The van der Waals surface area contributed by atoms with Crippen LogP contribution in [0.3, 0.4) is 0 Å². The molecule has 0 atom stereocenters. The van der Waals surface area contributed by atoms with Crippen molar-refractivity contribution in [1.82, 2.24) is 5.43 Å². The Morgan fingerprint density at radius 1 is 1.33 bits per heavy atom. The highest BCUT2D eigenvalue weighted by Gasteiger charge is 2.09. The Morgan fingerprint density at radius 3 is 2.81 bits per heavy atom. The predicted molar refractivity (Wildman–Crippen MR) is 82.2 cm³/mol. The van der Waals surface area contributed by atoms with Gasteiger partial charge in [0.2, 0.25) is 0 Å². The molecule has 0 aliphatic rings. The molecule has 1 amide bonds. The van der Waals surface area contributed by atoms with Crippen LogP contribution in [-0.2, 0) is 0 Å². The second-order valence-electron chi connectivity index (χ2n) is 4.07. The normalized spacial score (nSPS) is 10.6. The summed E-state index contributed by atoms with van der Waals surface area (Å²) in [5.41, 5.74) is 2.90. The van der Waals surface area contributed by atoms with E-state index in [2.05, 4.69) is 26.5 Å². The molecule has 0 radical (unpaired) electrons. The molecule has 108 valence electrons. The van der Waals surface area contributed by atoms with E-state index in [1.54, 1.807) is 25.3 Å². The highest BCUT2D eigenvalue weighted by Crippen LogP contribution is 2.21. The fraction of sp³-hybridized carbons (Fsp3) is 0.0667. The molecule has 0 unspecified atom stereocenters. The Bertz CT molecular complexity index is 689. The van der Waals surface area contributed by atoms with E-state index >= 15 is 0 Å². The molecule has 1 N–H and O–H groups in total. The molecule has 0 heterocycles. The van der Waals surface area contributed by atoms with Crippen molar-refractivity contribution in [3.8, 4) is 5.75 Å². The van der Waals surface area contributed by atoms with Crippen molar-refractivity contribution in [2.75, 3.05) is 7.11 Å². The lowest BCUT2D eigenvalue weighted by Crippen LogP contribution is -2.19. The number of carbonyl (C=O) groups is 1. The van der Waals surface area contributed by atoms with Crippen LogP contribution in [0.5, 0.6) is 5.75 Å². The summed E-state index contributed by atoms with van der Waals surface area (Å²) < 4.78 is 19.5. The summed E-state index contributed by atoms with van der Waals surface area (Å²) in [6.45, 7) is 0. The van der Waals surface area contributed by atoms with Gasteiger partial charge in [0, 0.05) is 10.0 Å². The van der Waals surface area contributed by atoms with E-state index in [-0.39, 0.29) is 5.56 Å². The second kappa shape index (κ2) is 6.99. The summed E-state index contributed by atoms with van der Waals surface area (Å²) >= 11 is 3.34. The van der Waals surface area contributed by atoms with Gasteiger partial charge in [-0.3, -0.25) is 4.79 Å². The number of hydrazone groups is 1. The van der Waals surface area contributed by atoms with Gasteiger partial charge < -0.3 is 4.74 Å². The first-order chi connectivity index (χ1) is 10.1. The molecular formula is C15H12BrFN2O2. The standard InChI is InChI=1S/C15H12BrFN2O2/c1-21-14-7-6-11(16)8-10(14)9-18-19-15(20)12-4-2-3-5-13(12)17/h2-9H,1H3,(H,19,20)/b18-9+. The number of rotatable bonds is 4. The van der Waals surface area contributed by atoms with Gasteiger partial charge in [-0.2, -0.15) is 5.10 Å². The number of hydrogen-bond acceptors (Lipinski definition) is 3. The maximum Gasteiger partial charge on any atom is 0.274 e. The van der Waals surface area contributed by atoms with Crippen LogP contribution in [0.1, 0.15) is 15.9 Å². The SMILES string of the molecule is COc1ccc(Br)cc1/C=N/NC(=O)c1ccccc1F. The lowest BCUT2D eigenvalue weighted by atomic mass is 10.2. The molecule has 6 heteroatoms. The summed E-state index contributed by atoms with van der Waals surface area (Å²) in [5, 5.41) is 3.82. The molecule has 4 nitrogen and oxygen atoms in total. The van der Waals surface area contributed by atoms with Crippen molar-refractivity contribution in [3.05, 3.63) is 63.9 Å². The largest absolute Gasteiger partial charge is 0.496 e. The maximum absolute atomic E-state index is 13.4. The molecule has 0 spiro atoms. The quantitative estimate of drug-likeness (QED) is 0.678. The van der Waals surface area contributed by atoms with Gasteiger partial charge in [-0.1, -0.05) is 28.1 Å². The van der Waals surface area contributed by atoms with Crippen molar-refractivity contribution < 1.29 is 13.9 Å². The first kappa shape index (κ1) is 15.2. The third kappa shape index (κ3) is 3.88. The third-order valence-electron chi connectivity index (χ3n) is 2.68. The van der Waals surface area contributed by atoms with Gasteiger partial charge in [-0.15, -0.1) is 0 Å². The Kier molecular flexibility index (Phi) is 5.05. The first-order valence-corrected chi connectivity index (χ1v) is 6.82. The molecular weight excluding hydrogens is 339 g/mol. The monoisotopic (exact) mass is 350 g/mol. The highest BCUT2D eigenvalue weighted by atomic mass is 79.9. The second-order valence-corrected chi connectivity index (χ2v) is 4.98. The maximum atomic E-state index is 13.4. The number of ether oxygens (including phenoxy) is 1. The van der Waals surface area contributed by atoms with Crippen LogP contribution in [0.25, 0.3) is 0 Å². The average Bonchev–Trinajstić information content (AvgIpc) is 2.48. The van der Waals surface area contributed by atoms with Crippen molar-refractivity contribution in [2.24, 2.45) is 5.10 Å². The Hall–Kier alpha value is -2.21. The zero-order valence-electron chi connectivity index (χ0n) is 11.1. The van der Waals surface area contributed by atoms with Crippen molar-refractivity contribution in [3.63, 3.8) is 0 Å². The van der Waals surface area contributed by atoms with Gasteiger partial charge in [-0.05, 0) is 30.3 Å². The van der Waals surface area contributed by atoms with E-state index in [9.17, 15) is 9.18 Å². The Labute approximate surface area is 129 Å². The zero-order valence-corrected chi connectivity index (χ0v) is 12.7. The van der Waals surface area contributed by atoms with Crippen LogP contribution in [0.2, 0.25) is 0 Å². The van der Waals surface area contributed by atoms with E-state index in [1.807, 2.05) is 6.07 Å². The number of amides is 1. The van der Waals surface area contributed by atoms with Crippen LogP contribution in [0.4, 0.5) is 4.39 Å². The van der Waals surface area contributed by atoms with E-state index in [1.165, 1.54) is 24.4 Å².